The Labute approximate surface area is 115 Å². The van der Waals surface area contributed by atoms with E-state index in [4.69, 9.17) is 0 Å². The fourth-order valence-electron chi connectivity index (χ4n) is 1.64. The molecule has 1 N–H and O–H groups in total. The Hall–Kier alpha value is -0.960. The molecule has 0 fully saturated rings. The van der Waals surface area contributed by atoms with Gasteiger partial charge in [0, 0.05) is 0 Å². The highest BCUT2D eigenvalue weighted by molar-refractivity contribution is 8.00. The molecule has 3 heteroatoms. The molecule has 0 bridgehead atoms. The molecule has 0 aliphatic rings. The van der Waals surface area contributed by atoms with Gasteiger partial charge in [0.1, 0.15) is 0 Å². The smallest absolute Gasteiger partial charge is 0.233 e. The van der Waals surface area contributed by atoms with E-state index in [1.165, 1.54) is 12.8 Å². The topological polar surface area (TPSA) is 29.1 Å². The van der Waals surface area contributed by atoms with E-state index in [1.54, 1.807) is 11.8 Å². The molecular weight excluding hydrogens is 242 g/mol. The monoisotopic (exact) mass is 265 g/mol. The Bertz CT molecular complexity index is 353. The number of thioether (sulfide) groups is 1. The van der Waals surface area contributed by atoms with Gasteiger partial charge in [-0.1, -0.05) is 43.7 Å². The second-order valence-corrected chi connectivity index (χ2v) is 5.96. The number of carbonyl (C=O) groups is 1. The molecule has 1 aromatic carbocycles. The van der Waals surface area contributed by atoms with Gasteiger partial charge in [-0.2, -0.15) is 0 Å². The summed E-state index contributed by atoms with van der Waals surface area (Å²) in [4.78, 5) is 12.0. The van der Waals surface area contributed by atoms with Crippen LogP contribution in [0.5, 0.6) is 0 Å². The summed E-state index contributed by atoms with van der Waals surface area (Å²) in [6, 6.07) is 10.1. The summed E-state index contributed by atoms with van der Waals surface area (Å²) in [7, 11) is 0. The average Bonchev–Trinajstić information content (AvgIpc) is 2.39. The first kappa shape index (κ1) is 15.1. The lowest BCUT2D eigenvalue weighted by Crippen LogP contribution is -2.33. The van der Waals surface area contributed by atoms with Crippen LogP contribution in [0.2, 0.25) is 0 Å². The molecule has 2 atom stereocenters. The van der Waals surface area contributed by atoms with Crippen LogP contribution in [0, 0.1) is 0 Å². The van der Waals surface area contributed by atoms with Crippen molar-refractivity contribution >= 4 is 17.7 Å². The van der Waals surface area contributed by atoms with Crippen molar-refractivity contribution in [1.82, 2.24) is 5.32 Å². The lowest BCUT2D eigenvalue weighted by atomic mass is 10.1. The highest BCUT2D eigenvalue weighted by Gasteiger charge is 2.15. The molecule has 0 saturated heterocycles. The zero-order chi connectivity index (χ0) is 13.4. The van der Waals surface area contributed by atoms with Gasteiger partial charge in [0.15, 0.2) is 0 Å². The minimum absolute atomic E-state index is 0.0303. The first-order valence-electron chi connectivity index (χ1n) is 6.62. The van der Waals surface area contributed by atoms with E-state index in [2.05, 4.69) is 12.2 Å². The first-order chi connectivity index (χ1) is 8.65. The zero-order valence-corrected chi connectivity index (χ0v) is 12.3. The lowest BCUT2D eigenvalue weighted by molar-refractivity contribution is -0.120. The minimum Gasteiger partial charge on any atom is -0.349 e. The highest BCUT2D eigenvalue weighted by Crippen LogP contribution is 2.16. The van der Waals surface area contributed by atoms with Gasteiger partial charge >= 0.3 is 0 Å². The van der Waals surface area contributed by atoms with Crippen molar-refractivity contribution in [1.29, 1.82) is 0 Å². The maximum atomic E-state index is 12.0. The molecule has 0 heterocycles. The van der Waals surface area contributed by atoms with Gasteiger partial charge in [0.25, 0.3) is 0 Å². The number of benzene rings is 1. The van der Waals surface area contributed by atoms with Gasteiger partial charge in [-0.15, -0.1) is 11.8 Å². The fourth-order valence-corrected chi connectivity index (χ4v) is 2.66. The SMILES string of the molecule is CCCCSC(C)C(=O)NC(C)c1ccccc1. The van der Waals surface area contributed by atoms with E-state index in [0.717, 1.165) is 11.3 Å². The molecule has 1 aromatic rings. The molecule has 1 rings (SSSR count). The predicted octanol–water partition coefficient (Wildman–Crippen LogP) is 3.79. The van der Waals surface area contributed by atoms with Crippen molar-refractivity contribution < 1.29 is 4.79 Å². The standard InChI is InChI=1S/C15H23NOS/c1-4-5-11-18-13(3)15(17)16-12(2)14-9-7-6-8-10-14/h6-10,12-13H,4-5,11H2,1-3H3,(H,16,17). The van der Waals surface area contributed by atoms with Crippen LogP contribution in [-0.2, 0) is 4.79 Å². The largest absolute Gasteiger partial charge is 0.349 e. The van der Waals surface area contributed by atoms with E-state index in [-0.39, 0.29) is 17.2 Å². The van der Waals surface area contributed by atoms with Crippen LogP contribution in [0.15, 0.2) is 30.3 Å². The zero-order valence-electron chi connectivity index (χ0n) is 11.5. The molecule has 0 aliphatic heterocycles. The van der Waals surface area contributed by atoms with Gasteiger partial charge in [-0.25, -0.2) is 0 Å². The Kier molecular flexibility index (Phi) is 6.88. The molecule has 2 nitrogen and oxygen atoms in total. The summed E-state index contributed by atoms with van der Waals surface area (Å²) in [5, 5.41) is 3.09. The van der Waals surface area contributed by atoms with Gasteiger partial charge in [0.2, 0.25) is 5.91 Å². The molecule has 0 radical (unpaired) electrons. The highest BCUT2D eigenvalue weighted by atomic mass is 32.2. The number of amides is 1. The summed E-state index contributed by atoms with van der Waals surface area (Å²) in [5.41, 5.74) is 1.15. The van der Waals surface area contributed by atoms with Crippen LogP contribution < -0.4 is 5.32 Å². The number of hydrogen-bond donors (Lipinski definition) is 1. The molecular formula is C15H23NOS. The summed E-state index contributed by atoms with van der Waals surface area (Å²) in [6.07, 6.45) is 2.36. The van der Waals surface area contributed by atoms with E-state index in [0.29, 0.717) is 0 Å². The molecule has 0 aliphatic carbocycles. The second kappa shape index (κ2) is 8.20. The van der Waals surface area contributed by atoms with Gasteiger partial charge in [-0.05, 0) is 31.6 Å². The fraction of sp³-hybridized carbons (Fsp3) is 0.533. The van der Waals surface area contributed by atoms with Gasteiger partial charge in [-0.3, -0.25) is 4.79 Å². The van der Waals surface area contributed by atoms with E-state index in [9.17, 15) is 4.79 Å². The molecule has 100 valence electrons. The van der Waals surface area contributed by atoms with E-state index in [1.807, 2.05) is 44.2 Å². The number of carbonyl (C=O) groups excluding carboxylic acids is 1. The van der Waals surface area contributed by atoms with Crippen LogP contribution in [0.4, 0.5) is 0 Å². The summed E-state index contributed by atoms with van der Waals surface area (Å²) < 4.78 is 0. The Morgan fingerprint density at radius 1 is 1.28 bits per heavy atom. The minimum atomic E-state index is 0.0303. The Balaban J connectivity index is 2.39. The molecule has 0 aromatic heterocycles. The predicted molar refractivity (Wildman–Crippen MR) is 79.8 cm³/mol. The van der Waals surface area contributed by atoms with Crippen molar-refractivity contribution in [3.63, 3.8) is 0 Å². The third-order valence-corrected chi connectivity index (χ3v) is 4.13. The van der Waals surface area contributed by atoms with Crippen LogP contribution in [0.1, 0.15) is 45.2 Å². The molecule has 2 unspecified atom stereocenters. The molecule has 0 spiro atoms. The number of nitrogens with one attached hydrogen (secondary N) is 1. The number of hydrogen-bond acceptors (Lipinski definition) is 2. The Morgan fingerprint density at radius 3 is 2.56 bits per heavy atom. The van der Waals surface area contributed by atoms with Crippen LogP contribution in [-0.4, -0.2) is 16.9 Å². The van der Waals surface area contributed by atoms with Gasteiger partial charge in [0.05, 0.1) is 11.3 Å². The van der Waals surface area contributed by atoms with Crippen molar-refractivity contribution in [3.8, 4) is 0 Å². The van der Waals surface area contributed by atoms with Crippen molar-refractivity contribution in [2.24, 2.45) is 0 Å². The quantitative estimate of drug-likeness (QED) is 0.760. The van der Waals surface area contributed by atoms with Crippen LogP contribution >= 0.6 is 11.8 Å². The van der Waals surface area contributed by atoms with Crippen molar-refractivity contribution in [2.45, 2.75) is 44.9 Å². The maximum absolute atomic E-state index is 12.0. The van der Waals surface area contributed by atoms with Gasteiger partial charge < -0.3 is 5.32 Å². The third kappa shape index (κ3) is 5.13. The maximum Gasteiger partial charge on any atom is 0.233 e. The second-order valence-electron chi connectivity index (χ2n) is 4.51. The van der Waals surface area contributed by atoms with Crippen molar-refractivity contribution in [3.05, 3.63) is 35.9 Å². The van der Waals surface area contributed by atoms with E-state index < -0.39 is 0 Å². The summed E-state index contributed by atoms with van der Waals surface area (Å²) >= 11 is 1.73. The van der Waals surface area contributed by atoms with Crippen LogP contribution in [0.25, 0.3) is 0 Å². The van der Waals surface area contributed by atoms with Crippen LogP contribution in [0.3, 0.4) is 0 Å². The third-order valence-electron chi connectivity index (χ3n) is 2.89. The summed E-state index contributed by atoms with van der Waals surface area (Å²) in [5.74, 6) is 1.19. The number of unbranched alkanes of at least 4 members (excludes halogenated alkanes) is 1. The average molecular weight is 265 g/mol. The molecule has 18 heavy (non-hydrogen) atoms. The lowest BCUT2D eigenvalue weighted by Gasteiger charge is -2.17. The number of rotatable bonds is 7. The molecule has 0 saturated carbocycles. The normalized spacial score (nSPS) is 13.9. The van der Waals surface area contributed by atoms with E-state index >= 15 is 0 Å². The first-order valence-corrected chi connectivity index (χ1v) is 7.67. The molecule has 1 amide bonds. The Morgan fingerprint density at radius 2 is 1.94 bits per heavy atom. The van der Waals surface area contributed by atoms with Crippen molar-refractivity contribution in [2.75, 3.05) is 5.75 Å². The summed E-state index contributed by atoms with van der Waals surface area (Å²) in [6.45, 7) is 6.17.